The molecule has 1 heterocycles. The summed E-state index contributed by atoms with van der Waals surface area (Å²) in [5.41, 5.74) is -0.602. The highest BCUT2D eigenvalue weighted by molar-refractivity contribution is 5.81. The Hall–Kier alpha value is -0.870. The molecule has 0 radical (unpaired) electrons. The van der Waals surface area contributed by atoms with Crippen LogP contribution in [-0.2, 0) is 19.0 Å². The van der Waals surface area contributed by atoms with E-state index in [0.29, 0.717) is 13.2 Å². The molecule has 0 N–H and O–H groups in total. The molecule has 0 bridgehead atoms. The SMILES string of the molecule is C=CC(=O)OC1OCCCOC1(C)C. The van der Waals surface area contributed by atoms with Crippen molar-refractivity contribution in [2.75, 3.05) is 13.2 Å². The molecule has 4 nitrogen and oxygen atoms in total. The highest BCUT2D eigenvalue weighted by Crippen LogP contribution is 2.22. The summed E-state index contributed by atoms with van der Waals surface area (Å²) in [4.78, 5) is 11.0. The van der Waals surface area contributed by atoms with Gasteiger partial charge in [-0.2, -0.15) is 0 Å². The standard InChI is InChI=1S/C10H16O4/c1-4-8(11)14-9-10(2,3)13-7-5-6-12-9/h4,9H,1,5-7H2,2-3H3. The topological polar surface area (TPSA) is 44.8 Å². The minimum Gasteiger partial charge on any atom is -0.429 e. The summed E-state index contributed by atoms with van der Waals surface area (Å²) in [5, 5.41) is 0. The molecule has 0 aromatic rings. The van der Waals surface area contributed by atoms with E-state index in [-0.39, 0.29) is 0 Å². The van der Waals surface area contributed by atoms with Crippen molar-refractivity contribution in [3.8, 4) is 0 Å². The van der Waals surface area contributed by atoms with Gasteiger partial charge in [-0.3, -0.25) is 0 Å². The highest BCUT2D eigenvalue weighted by Gasteiger charge is 2.35. The first-order valence-corrected chi connectivity index (χ1v) is 4.65. The van der Waals surface area contributed by atoms with Gasteiger partial charge >= 0.3 is 5.97 Å². The van der Waals surface area contributed by atoms with E-state index in [4.69, 9.17) is 14.2 Å². The first-order valence-electron chi connectivity index (χ1n) is 4.65. The predicted molar refractivity (Wildman–Crippen MR) is 50.7 cm³/mol. The average Bonchev–Trinajstić information content (AvgIpc) is 2.29. The van der Waals surface area contributed by atoms with Gasteiger partial charge in [-0.1, -0.05) is 6.58 Å². The molecular weight excluding hydrogens is 184 g/mol. The normalized spacial score (nSPS) is 26.3. The molecule has 1 saturated heterocycles. The lowest BCUT2D eigenvalue weighted by Crippen LogP contribution is -2.42. The first kappa shape index (κ1) is 11.2. The number of ether oxygens (including phenoxy) is 3. The van der Waals surface area contributed by atoms with Gasteiger partial charge in [-0.15, -0.1) is 0 Å². The van der Waals surface area contributed by atoms with Crippen molar-refractivity contribution < 1.29 is 19.0 Å². The molecule has 1 rings (SSSR count). The maximum atomic E-state index is 11.0. The molecular formula is C10H16O4. The monoisotopic (exact) mass is 200 g/mol. The Bertz CT molecular complexity index is 222. The molecule has 80 valence electrons. The average molecular weight is 200 g/mol. The minimum absolute atomic E-state index is 0.492. The van der Waals surface area contributed by atoms with Crippen LogP contribution in [0.4, 0.5) is 0 Å². The van der Waals surface area contributed by atoms with Crippen LogP contribution >= 0.6 is 0 Å². The van der Waals surface area contributed by atoms with E-state index in [0.717, 1.165) is 12.5 Å². The number of carbonyl (C=O) groups is 1. The number of esters is 1. The number of hydrogen-bond donors (Lipinski definition) is 0. The summed E-state index contributed by atoms with van der Waals surface area (Å²) in [6.45, 7) is 8.15. The van der Waals surface area contributed by atoms with Crippen LogP contribution in [0.1, 0.15) is 20.3 Å². The van der Waals surface area contributed by atoms with E-state index >= 15 is 0 Å². The van der Waals surface area contributed by atoms with E-state index in [1.807, 2.05) is 13.8 Å². The highest BCUT2D eigenvalue weighted by atomic mass is 16.7. The van der Waals surface area contributed by atoms with E-state index in [2.05, 4.69) is 6.58 Å². The molecule has 1 atom stereocenters. The van der Waals surface area contributed by atoms with Gasteiger partial charge in [-0.05, 0) is 20.3 Å². The fraction of sp³-hybridized carbons (Fsp3) is 0.700. The van der Waals surface area contributed by atoms with Gasteiger partial charge in [0, 0.05) is 12.7 Å². The molecule has 0 saturated carbocycles. The van der Waals surface area contributed by atoms with Gasteiger partial charge in [-0.25, -0.2) is 4.79 Å². The van der Waals surface area contributed by atoms with Crippen LogP contribution in [0.3, 0.4) is 0 Å². The zero-order valence-electron chi connectivity index (χ0n) is 8.62. The summed E-state index contributed by atoms with van der Waals surface area (Å²) in [6.07, 6.45) is 1.27. The van der Waals surface area contributed by atoms with Crippen molar-refractivity contribution in [3.05, 3.63) is 12.7 Å². The Labute approximate surface area is 83.8 Å². The molecule has 0 aromatic heterocycles. The lowest BCUT2D eigenvalue weighted by Gasteiger charge is -2.30. The van der Waals surface area contributed by atoms with Crippen LogP contribution in [0.25, 0.3) is 0 Å². The molecule has 1 aliphatic heterocycles. The van der Waals surface area contributed by atoms with Crippen LogP contribution in [0.5, 0.6) is 0 Å². The zero-order valence-corrected chi connectivity index (χ0v) is 8.62. The molecule has 0 aromatic carbocycles. The van der Waals surface area contributed by atoms with Crippen molar-refractivity contribution in [1.29, 1.82) is 0 Å². The van der Waals surface area contributed by atoms with E-state index in [9.17, 15) is 4.79 Å². The lowest BCUT2D eigenvalue weighted by molar-refractivity contribution is -0.219. The third-order valence-corrected chi connectivity index (χ3v) is 1.99. The quantitative estimate of drug-likeness (QED) is 0.497. The third kappa shape index (κ3) is 2.82. The van der Waals surface area contributed by atoms with Crippen LogP contribution in [0, 0.1) is 0 Å². The Morgan fingerprint density at radius 1 is 1.57 bits per heavy atom. The van der Waals surface area contributed by atoms with Crippen LogP contribution in [-0.4, -0.2) is 31.1 Å². The van der Waals surface area contributed by atoms with Crippen LogP contribution in [0.15, 0.2) is 12.7 Å². The number of hydrogen-bond acceptors (Lipinski definition) is 4. The Balaban J connectivity index is 2.62. The van der Waals surface area contributed by atoms with Gasteiger partial charge in [0.15, 0.2) is 0 Å². The number of carbonyl (C=O) groups excluding carboxylic acids is 1. The van der Waals surface area contributed by atoms with Gasteiger partial charge in [0.25, 0.3) is 0 Å². The van der Waals surface area contributed by atoms with Crippen molar-refractivity contribution >= 4 is 5.97 Å². The molecule has 0 amide bonds. The predicted octanol–water partition coefficient (Wildman–Crippen LogP) is 1.26. The molecule has 1 unspecified atom stereocenters. The number of rotatable bonds is 2. The Kier molecular flexibility index (Phi) is 3.66. The second-order valence-electron chi connectivity index (χ2n) is 3.65. The summed E-state index contributed by atoms with van der Waals surface area (Å²) >= 11 is 0. The Morgan fingerprint density at radius 2 is 2.29 bits per heavy atom. The van der Waals surface area contributed by atoms with Crippen LogP contribution in [0.2, 0.25) is 0 Å². The third-order valence-electron chi connectivity index (χ3n) is 1.99. The second kappa shape index (κ2) is 4.57. The summed E-state index contributed by atoms with van der Waals surface area (Å²) in [5.74, 6) is -0.492. The fourth-order valence-electron chi connectivity index (χ4n) is 1.18. The van der Waals surface area contributed by atoms with Crippen molar-refractivity contribution in [2.24, 2.45) is 0 Å². The molecule has 1 aliphatic rings. The molecule has 14 heavy (non-hydrogen) atoms. The maximum absolute atomic E-state index is 11.0. The zero-order chi connectivity index (χ0) is 10.6. The lowest BCUT2D eigenvalue weighted by atomic mass is 10.1. The fourth-order valence-corrected chi connectivity index (χ4v) is 1.18. The van der Waals surface area contributed by atoms with Crippen molar-refractivity contribution in [3.63, 3.8) is 0 Å². The minimum atomic E-state index is -0.657. The van der Waals surface area contributed by atoms with Gasteiger partial charge in [0.1, 0.15) is 5.60 Å². The molecule has 4 heteroatoms. The van der Waals surface area contributed by atoms with Crippen LogP contribution < -0.4 is 0 Å². The van der Waals surface area contributed by atoms with E-state index < -0.39 is 17.9 Å². The smallest absolute Gasteiger partial charge is 0.332 e. The Morgan fingerprint density at radius 3 is 2.93 bits per heavy atom. The summed E-state index contributed by atoms with van der Waals surface area (Å²) < 4.78 is 15.9. The summed E-state index contributed by atoms with van der Waals surface area (Å²) in [6, 6.07) is 0. The maximum Gasteiger partial charge on any atom is 0.332 e. The molecule has 0 spiro atoms. The largest absolute Gasteiger partial charge is 0.429 e. The van der Waals surface area contributed by atoms with Crippen molar-refractivity contribution in [2.45, 2.75) is 32.2 Å². The van der Waals surface area contributed by atoms with Gasteiger partial charge in [0.2, 0.25) is 6.29 Å². The van der Waals surface area contributed by atoms with E-state index in [1.165, 1.54) is 0 Å². The first-order chi connectivity index (χ1) is 6.56. The van der Waals surface area contributed by atoms with E-state index in [1.54, 1.807) is 0 Å². The summed E-state index contributed by atoms with van der Waals surface area (Å²) in [7, 11) is 0. The van der Waals surface area contributed by atoms with Crippen molar-refractivity contribution in [1.82, 2.24) is 0 Å². The second-order valence-corrected chi connectivity index (χ2v) is 3.65. The molecule has 0 aliphatic carbocycles. The molecule has 1 fully saturated rings. The van der Waals surface area contributed by atoms with Gasteiger partial charge in [0.05, 0.1) is 6.61 Å². The van der Waals surface area contributed by atoms with Gasteiger partial charge < -0.3 is 14.2 Å².